The highest BCUT2D eigenvalue weighted by molar-refractivity contribution is 6.24. The Hall–Kier alpha value is -4.10. The minimum atomic E-state index is -2.72. The van der Waals surface area contributed by atoms with E-state index in [4.69, 9.17) is 5.73 Å². The average Bonchev–Trinajstić information content (AvgIpc) is 2.84. The lowest BCUT2D eigenvalue weighted by Gasteiger charge is -2.50. The zero-order valence-electron chi connectivity index (χ0n) is 24.1. The summed E-state index contributed by atoms with van der Waals surface area (Å²) in [6.07, 6.45) is 0.130. The SMILES string of the molecule is CN(C)c1cc(NNC(=O)C(C)(C)C)c(O)c2c1CC1CC3[C@H](N(C)C)C(=O)C(C(N)=O)=C(O)[C@@]3(O)C(=O)C1=C2O. The lowest BCUT2D eigenvalue weighted by Crippen LogP contribution is -2.65. The Bertz CT molecular complexity index is 1440. The normalized spacial score (nSPS) is 25.9. The fourth-order valence-electron chi connectivity index (χ4n) is 6.10. The predicted octanol–water partition coefficient (Wildman–Crippen LogP) is 0.519. The summed E-state index contributed by atoms with van der Waals surface area (Å²) in [7, 11) is 6.59. The Kier molecular flexibility index (Phi) is 7.12. The van der Waals surface area contributed by atoms with Crippen LogP contribution in [0.5, 0.6) is 5.75 Å². The topological polar surface area (TPSA) is 206 Å². The van der Waals surface area contributed by atoms with E-state index in [-0.39, 0.29) is 35.6 Å². The summed E-state index contributed by atoms with van der Waals surface area (Å²) in [4.78, 5) is 55.0. The molecule has 0 aliphatic heterocycles. The summed E-state index contributed by atoms with van der Waals surface area (Å²) in [6.45, 7) is 5.12. The van der Waals surface area contributed by atoms with E-state index in [0.29, 0.717) is 11.3 Å². The van der Waals surface area contributed by atoms with Crippen molar-refractivity contribution < 1.29 is 39.6 Å². The Morgan fingerprint density at radius 2 is 1.71 bits per heavy atom. The smallest absolute Gasteiger partial charge is 0.255 e. The van der Waals surface area contributed by atoms with Crippen LogP contribution in [0.25, 0.3) is 5.76 Å². The lowest BCUT2D eigenvalue weighted by atomic mass is 9.57. The zero-order chi connectivity index (χ0) is 30.9. The third-order valence-electron chi connectivity index (χ3n) is 8.17. The number of aromatic hydroxyl groups is 1. The van der Waals surface area contributed by atoms with Crippen molar-refractivity contribution >= 4 is 40.5 Å². The Labute approximate surface area is 237 Å². The number of nitrogens with zero attached hydrogens (tertiary/aromatic N) is 2. The fourth-order valence-corrected chi connectivity index (χ4v) is 6.10. The van der Waals surface area contributed by atoms with E-state index in [9.17, 15) is 39.6 Å². The van der Waals surface area contributed by atoms with Gasteiger partial charge < -0.3 is 31.1 Å². The van der Waals surface area contributed by atoms with E-state index in [1.54, 1.807) is 59.9 Å². The van der Waals surface area contributed by atoms with Crippen molar-refractivity contribution in [2.45, 2.75) is 45.3 Å². The first-order chi connectivity index (χ1) is 18.8. The van der Waals surface area contributed by atoms with Crippen molar-refractivity contribution in [2.75, 3.05) is 38.5 Å². The molecular weight excluding hydrogens is 534 g/mol. The van der Waals surface area contributed by atoms with Gasteiger partial charge in [-0.3, -0.25) is 34.9 Å². The predicted molar refractivity (Wildman–Crippen MR) is 150 cm³/mol. The molecule has 3 aliphatic rings. The van der Waals surface area contributed by atoms with Gasteiger partial charge in [0.05, 0.1) is 17.3 Å². The van der Waals surface area contributed by atoms with Gasteiger partial charge in [-0.05, 0) is 44.5 Å². The molecule has 41 heavy (non-hydrogen) atoms. The molecule has 8 N–H and O–H groups in total. The van der Waals surface area contributed by atoms with Gasteiger partial charge in [0, 0.05) is 36.7 Å². The standard InChI is InChI=1S/C28H37N5O8/c1-27(2,3)26(40)31-30-14-10-15(32(4)5)12-8-11-9-13-19(33(6)7)22(36)18(25(29)39)24(38)28(13,41)23(37)16(11)21(35)17(12)20(14)34/h10-11,13,19,30,34-35,38,41H,8-9H2,1-7H3,(H2,29,39)(H,31,40)/t11?,13?,19-,28-/m0/s1. The molecule has 0 spiro atoms. The highest BCUT2D eigenvalue weighted by Crippen LogP contribution is 2.54. The van der Waals surface area contributed by atoms with Gasteiger partial charge in [0.15, 0.2) is 17.1 Å². The molecule has 13 heteroatoms. The molecule has 222 valence electrons. The van der Waals surface area contributed by atoms with Crippen LogP contribution in [0.3, 0.4) is 0 Å². The number of hydrogen-bond donors (Lipinski definition) is 7. The Morgan fingerprint density at radius 3 is 2.22 bits per heavy atom. The number of carbonyl (C=O) groups is 4. The number of primary amides is 1. The molecule has 3 aliphatic carbocycles. The van der Waals surface area contributed by atoms with Crippen molar-refractivity contribution in [1.82, 2.24) is 10.3 Å². The van der Waals surface area contributed by atoms with Gasteiger partial charge in [-0.25, -0.2) is 0 Å². The molecule has 0 saturated heterocycles. The molecule has 0 bridgehead atoms. The summed E-state index contributed by atoms with van der Waals surface area (Å²) in [5.74, 6) is -7.64. The van der Waals surface area contributed by atoms with Crippen molar-refractivity contribution in [3.05, 3.63) is 34.1 Å². The lowest BCUT2D eigenvalue weighted by molar-refractivity contribution is -0.153. The number of nitrogens with two attached hydrogens (primary N) is 1. The van der Waals surface area contributed by atoms with Crippen LogP contribution >= 0.6 is 0 Å². The quantitative estimate of drug-likeness (QED) is 0.147. The molecule has 0 aromatic heterocycles. The molecule has 1 aromatic carbocycles. The van der Waals surface area contributed by atoms with Crippen molar-refractivity contribution in [3.8, 4) is 5.75 Å². The van der Waals surface area contributed by atoms with Gasteiger partial charge in [-0.2, -0.15) is 0 Å². The number of ketones is 2. The highest BCUT2D eigenvalue weighted by Gasteiger charge is 2.64. The van der Waals surface area contributed by atoms with Crippen LogP contribution in [0.15, 0.2) is 23.0 Å². The van der Waals surface area contributed by atoms with Crippen LogP contribution < -0.4 is 21.5 Å². The zero-order valence-corrected chi connectivity index (χ0v) is 24.1. The highest BCUT2D eigenvalue weighted by atomic mass is 16.3. The first kappa shape index (κ1) is 29.9. The van der Waals surface area contributed by atoms with Gasteiger partial charge in [0.1, 0.15) is 17.1 Å². The van der Waals surface area contributed by atoms with Crippen molar-refractivity contribution in [1.29, 1.82) is 0 Å². The molecule has 0 heterocycles. The second-order valence-electron chi connectivity index (χ2n) is 12.3. The van der Waals surface area contributed by atoms with Gasteiger partial charge in [-0.1, -0.05) is 20.8 Å². The minimum absolute atomic E-state index is 0.0129. The summed E-state index contributed by atoms with van der Waals surface area (Å²) in [5, 5.41) is 45.5. The molecule has 1 aromatic rings. The second kappa shape index (κ2) is 9.77. The summed E-state index contributed by atoms with van der Waals surface area (Å²) < 4.78 is 0. The number of hydrazine groups is 1. The van der Waals surface area contributed by atoms with E-state index < -0.39 is 69.2 Å². The van der Waals surface area contributed by atoms with Crippen molar-refractivity contribution in [3.63, 3.8) is 0 Å². The molecule has 1 fully saturated rings. The Morgan fingerprint density at radius 1 is 1.10 bits per heavy atom. The summed E-state index contributed by atoms with van der Waals surface area (Å²) in [5.41, 5.74) is 7.02. The number of amides is 2. The largest absolute Gasteiger partial charge is 0.508 e. The molecule has 4 rings (SSSR count). The van der Waals surface area contributed by atoms with Crippen LogP contribution in [-0.2, 0) is 25.6 Å². The summed E-state index contributed by atoms with van der Waals surface area (Å²) in [6, 6.07) is 0.434. The van der Waals surface area contributed by atoms with Gasteiger partial charge in [0.2, 0.25) is 11.7 Å². The Balaban J connectivity index is 1.92. The molecule has 1 saturated carbocycles. The van der Waals surface area contributed by atoms with E-state index in [0.717, 1.165) is 0 Å². The van der Waals surface area contributed by atoms with Gasteiger partial charge in [0.25, 0.3) is 5.91 Å². The molecular formula is C28H37N5O8. The molecule has 13 nitrogen and oxygen atoms in total. The number of hydrogen-bond acceptors (Lipinski definition) is 11. The van der Waals surface area contributed by atoms with Crippen LogP contribution in [-0.4, -0.2) is 88.5 Å². The summed E-state index contributed by atoms with van der Waals surface area (Å²) >= 11 is 0. The van der Waals surface area contributed by atoms with E-state index in [1.807, 2.05) is 0 Å². The van der Waals surface area contributed by atoms with E-state index in [2.05, 4.69) is 10.9 Å². The molecule has 0 radical (unpaired) electrons. The molecule has 4 atom stereocenters. The number of likely N-dealkylation sites (N-methyl/N-ethyl adjacent to an activating group) is 1. The number of fused-ring (bicyclic) bond motifs is 3. The molecule has 2 unspecified atom stereocenters. The minimum Gasteiger partial charge on any atom is -0.508 e. The number of nitrogens with one attached hydrogen (secondary N) is 2. The van der Waals surface area contributed by atoms with Crippen LogP contribution in [0, 0.1) is 17.3 Å². The monoisotopic (exact) mass is 571 g/mol. The number of phenols is 1. The van der Waals surface area contributed by atoms with E-state index in [1.165, 1.54) is 4.90 Å². The van der Waals surface area contributed by atoms with Crippen LogP contribution in [0.1, 0.15) is 38.3 Å². The van der Waals surface area contributed by atoms with Crippen LogP contribution in [0.4, 0.5) is 11.4 Å². The maximum Gasteiger partial charge on any atom is 0.255 e. The van der Waals surface area contributed by atoms with Gasteiger partial charge >= 0.3 is 0 Å². The number of aliphatic hydroxyl groups excluding tert-OH is 2. The number of benzene rings is 1. The average molecular weight is 572 g/mol. The first-order valence-corrected chi connectivity index (χ1v) is 13.1. The third kappa shape index (κ3) is 4.39. The first-order valence-electron chi connectivity index (χ1n) is 13.1. The second-order valence-corrected chi connectivity index (χ2v) is 12.3. The number of phenolic OH excluding ortho intramolecular Hbond substituents is 1. The van der Waals surface area contributed by atoms with Crippen LogP contribution in [0.2, 0.25) is 0 Å². The number of rotatable bonds is 5. The van der Waals surface area contributed by atoms with Gasteiger partial charge in [-0.15, -0.1) is 0 Å². The maximum absolute atomic E-state index is 14.0. The number of aliphatic hydroxyl groups is 3. The third-order valence-corrected chi connectivity index (χ3v) is 8.17. The van der Waals surface area contributed by atoms with Crippen molar-refractivity contribution in [2.24, 2.45) is 23.0 Å². The number of Topliss-reactive ketones (excluding diaryl/α,β-unsaturated/α-hetero) is 2. The van der Waals surface area contributed by atoms with E-state index >= 15 is 0 Å². The number of anilines is 2. The molecule has 2 amide bonds. The number of carbonyl (C=O) groups excluding carboxylic acids is 4. The maximum atomic E-state index is 14.0. The fraction of sp³-hybridized carbons (Fsp3) is 0.500.